The number of pyridine rings is 2. The molecule has 1 atom stereocenters. The second-order valence-corrected chi connectivity index (χ2v) is 7.65. The summed E-state index contributed by atoms with van der Waals surface area (Å²) in [6.45, 7) is 6.43. The van der Waals surface area contributed by atoms with Crippen LogP contribution in [0.1, 0.15) is 23.2 Å². The summed E-state index contributed by atoms with van der Waals surface area (Å²) in [7, 11) is 0. The zero-order valence-corrected chi connectivity index (χ0v) is 16.3. The van der Waals surface area contributed by atoms with Crippen molar-refractivity contribution in [3.05, 3.63) is 58.4 Å². The highest BCUT2D eigenvalue weighted by Gasteiger charge is 2.20. The van der Waals surface area contributed by atoms with Gasteiger partial charge in [-0.3, -0.25) is 9.88 Å². The molecule has 1 saturated heterocycles. The Hall–Kier alpha value is -2.21. The van der Waals surface area contributed by atoms with Gasteiger partial charge < -0.3 is 10.4 Å². The van der Waals surface area contributed by atoms with Gasteiger partial charge in [0.15, 0.2) is 5.82 Å². The number of likely N-dealkylation sites (tertiary alicyclic amines) is 1. The first-order valence-electron chi connectivity index (χ1n) is 9.18. The van der Waals surface area contributed by atoms with E-state index in [0.29, 0.717) is 0 Å². The maximum Gasteiger partial charge on any atom is 0.157 e. The van der Waals surface area contributed by atoms with Gasteiger partial charge in [-0.25, -0.2) is 4.98 Å². The van der Waals surface area contributed by atoms with Crippen molar-refractivity contribution in [1.82, 2.24) is 14.9 Å². The molecule has 0 aliphatic carbocycles. The summed E-state index contributed by atoms with van der Waals surface area (Å²) >= 11 is 6.24. The lowest BCUT2D eigenvalue weighted by Crippen LogP contribution is -2.21. The Kier molecular flexibility index (Phi) is 5.00. The molecule has 6 heteroatoms. The number of rotatable bonds is 4. The van der Waals surface area contributed by atoms with Crippen molar-refractivity contribution in [3.63, 3.8) is 0 Å². The average Bonchev–Trinajstić information content (AvgIpc) is 3.03. The van der Waals surface area contributed by atoms with Crippen LogP contribution in [0.3, 0.4) is 0 Å². The molecular formula is C21H23ClN4O. The molecule has 5 nitrogen and oxygen atoms in total. The molecule has 1 aliphatic rings. The first kappa shape index (κ1) is 18.2. The lowest BCUT2D eigenvalue weighted by molar-refractivity contribution is 0.175. The van der Waals surface area contributed by atoms with Crippen molar-refractivity contribution in [2.24, 2.45) is 0 Å². The van der Waals surface area contributed by atoms with Crippen LogP contribution in [-0.4, -0.2) is 39.2 Å². The predicted octanol–water partition coefficient (Wildman–Crippen LogP) is 4.21. The van der Waals surface area contributed by atoms with Crippen LogP contribution in [0.4, 0.5) is 11.5 Å². The third kappa shape index (κ3) is 3.90. The van der Waals surface area contributed by atoms with E-state index in [4.69, 9.17) is 11.6 Å². The maximum atomic E-state index is 9.72. The largest absolute Gasteiger partial charge is 0.392 e. The second kappa shape index (κ2) is 7.43. The summed E-state index contributed by atoms with van der Waals surface area (Å²) in [6.07, 6.45) is 2.54. The van der Waals surface area contributed by atoms with Gasteiger partial charge in [0.1, 0.15) is 5.52 Å². The molecule has 2 N–H and O–H groups in total. The fraction of sp³-hybridized carbons (Fsp3) is 0.333. The van der Waals surface area contributed by atoms with E-state index in [1.807, 2.05) is 38.2 Å². The highest BCUT2D eigenvalue weighted by atomic mass is 35.5. The normalized spacial score (nSPS) is 17.6. The van der Waals surface area contributed by atoms with Crippen molar-refractivity contribution in [2.45, 2.75) is 32.9 Å². The van der Waals surface area contributed by atoms with Gasteiger partial charge in [-0.15, -0.1) is 0 Å². The number of nitrogens with one attached hydrogen (secondary N) is 1. The maximum absolute atomic E-state index is 9.72. The minimum Gasteiger partial charge on any atom is -0.392 e. The number of benzene rings is 1. The Morgan fingerprint density at radius 3 is 2.93 bits per heavy atom. The number of aliphatic hydroxyl groups excluding tert-OH is 1. The molecule has 140 valence electrons. The highest BCUT2D eigenvalue weighted by Crippen LogP contribution is 2.29. The number of aliphatic hydroxyl groups is 1. The van der Waals surface area contributed by atoms with Gasteiger partial charge in [0.25, 0.3) is 0 Å². The van der Waals surface area contributed by atoms with E-state index < -0.39 is 0 Å². The van der Waals surface area contributed by atoms with Crippen molar-refractivity contribution in [1.29, 1.82) is 0 Å². The summed E-state index contributed by atoms with van der Waals surface area (Å²) in [6, 6.07) is 10.0. The van der Waals surface area contributed by atoms with E-state index in [2.05, 4.69) is 32.3 Å². The minimum atomic E-state index is -0.207. The lowest BCUT2D eigenvalue weighted by Gasteiger charge is -2.16. The van der Waals surface area contributed by atoms with Gasteiger partial charge in [-0.1, -0.05) is 17.7 Å². The van der Waals surface area contributed by atoms with Crippen LogP contribution >= 0.6 is 11.6 Å². The molecule has 0 radical (unpaired) electrons. The van der Waals surface area contributed by atoms with Gasteiger partial charge in [0.2, 0.25) is 0 Å². The van der Waals surface area contributed by atoms with E-state index in [9.17, 15) is 5.11 Å². The molecule has 1 fully saturated rings. The molecule has 0 saturated carbocycles. The number of aromatic nitrogens is 2. The number of β-amino-alcohol motifs (C(OH)–C–C–N with tert-alkyl or cyclic N) is 1. The topological polar surface area (TPSA) is 61.3 Å². The van der Waals surface area contributed by atoms with Gasteiger partial charge in [-0.05, 0) is 55.7 Å². The van der Waals surface area contributed by atoms with E-state index in [-0.39, 0.29) is 6.10 Å². The van der Waals surface area contributed by atoms with Crippen LogP contribution in [0, 0.1) is 13.8 Å². The number of anilines is 2. The number of hydrogen-bond acceptors (Lipinski definition) is 5. The molecule has 3 aromatic rings. The molecule has 3 heterocycles. The Morgan fingerprint density at radius 1 is 1.30 bits per heavy atom. The summed E-state index contributed by atoms with van der Waals surface area (Å²) in [5.41, 5.74) is 4.83. The molecule has 1 unspecified atom stereocenters. The number of fused-ring (bicyclic) bond motifs is 1. The molecular weight excluding hydrogens is 360 g/mol. The Balaban J connectivity index is 1.66. The quantitative estimate of drug-likeness (QED) is 0.707. The highest BCUT2D eigenvalue weighted by molar-refractivity contribution is 6.31. The van der Waals surface area contributed by atoms with Crippen LogP contribution in [0.25, 0.3) is 10.9 Å². The summed E-state index contributed by atoms with van der Waals surface area (Å²) in [4.78, 5) is 11.6. The molecule has 27 heavy (non-hydrogen) atoms. The number of aryl methyl sites for hydroxylation is 1. The summed E-state index contributed by atoms with van der Waals surface area (Å²) in [5.74, 6) is 0.735. The number of hydrogen-bond donors (Lipinski definition) is 2. The molecule has 4 rings (SSSR count). The average molecular weight is 383 g/mol. The molecule has 2 aromatic heterocycles. The summed E-state index contributed by atoms with van der Waals surface area (Å²) < 4.78 is 0. The fourth-order valence-electron chi connectivity index (χ4n) is 3.58. The standard InChI is InChI=1S/C21H23ClN4O/c1-13-8-16-9-15(11-26-7-6-17(27)12-26)10-23-20(16)21(24-13)25-19-5-3-4-18(22)14(19)2/h3-5,8-10,17,27H,6-7,11-12H2,1-2H3,(H,24,25). The van der Waals surface area contributed by atoms with Crippen LogP contribution in [-0.2, 0) is 6.54 Å². The van der Waals surface area contributed by atoms with Gasteiger partial charge in [0.05, 0.1) is 6.10 Å². The minimum absolute atomic E-state index is 0.207. The van der Waals surface area contributed by atoms with E-state index in [0.717, 1.165) is 70.3 Å². The van der Waals surface area contributed by atoms with Crippen LogP contribution in [0.5, 0.6) is 0 Å². The monoisotopic (exact) mass is 382 g/mol. The predicted molar refractivity (Wildman–Crippen MR) is 110 cm³/mol. The van der Waals surface area contributed by atoms with Crippen molar-refractivity contribution in [3.8, 4) is 0 Å². The third-order valence-corrected chi connectivity index (χ3v) is 5.43. The molecule has 0 bridgehead atoms. The van der Waals surface area contributed by atoms with Crippen LogP contribution in [0.15, 0.2) is 36.5 Å². The van der Waals surface area contributed by atoms with E-state index in [1.165, 1.54) is 0 Å². The van der Waals surface area contributed by atoms with Gasteiger partial charge in [0, 0.05) is 47.6 Å². The van der Waals surface area contributed by atoms with Crippen molar-refractivity contribution in [2.75, 3.05) is 18.4 Å². The lowest BCUT2D eigenvalue weighted by atomic mass is 10.1. The third-order valence-electron chi connectivity index (χ3n) is 5.03. The first-order valence-corrected chi connectivity index (χ1v) is 9.56. The van der Waals surface area contributed by atoms with E-state index in [1.54, 1.807) is 0 Å². The molecule has 1 aromatic carbocycles. The Bertz CT molecular complexity index is 991. The first-order chi connectivity index (χ1) is 13.0. The Morgan fingerprint density at radius 2 is 2.15 bits per heavy atom. The zero-order valence-electron chi connectivity index (χ0n) is 15.5. The zero-order chi connectivity index (χ0) is 19.0. The smallest absolute Gasteiger partial charge is 0.157 e. The van der Waals surface area contributed by atoms with Crippen LogP contribution in [0.2, 0.25) is 5.02 Å². The van der Waals surface area contributed by atoms with Crippen molar-refractivity contribution >= 4 is 34.0 Å². The van der Waals surface area contributed by atoms with Crippen molar-refractivity contribution < 1.29 is 5.11 Å². The molecule has 0 amide bonds. The van der Waals surface area contributed by atoms with Gasteiger partial charge in [-0.2, -0.15) is 0 Å². The number of halogens is 1. The molecule has 1 aliphatic heterocycles. The van der Waals surface area contributed by atoms with Gasteiger partial charge >= 0.3 is 0 Å². The Labute approximate surface area is 164 Å². The van der Waals surface area contributed by atoms with Crippen LogP contribution < -0.4 is 5.32 Å². The van der Waals surface area contributed by atoms with E-state index >= 15 is 0 Å². The fourth-order valence-corrected chi connectivity index (χ4v) is 3.75. The second-order valence-electron chi connectivity index (χ2n) is 7.24. The molecule has 0 spiro atoms. The number of nitrogens with zero attached hydrogens (tertiary/aromatic N) is 3. The SMILES string of the molecule is Cc1cc2cc(CN3CCC(O)C3)cnc2c(Nc2cccc(Cl)c2C)n1. The summed E-state index contributed by atoms with van der Waals surface area (Å²) in [5, 5.41) is 14.9.